The van der Waals surface area contributed by atoms with Gasteiger partial charge in [0, 0.05) is 31.4 Å². The van der Waals surface area contributed by atoms with Gasteiger partial charge in [0.2, 0.25) is 0 Å². The summed E-state index contributed by atoms with van der Waals surface area (Å²) in [6.07, 6.45) is 5.28. The molecule has 2 heterocycles. The number of hydrogen-bond donors (Lipinski definition) is 1. The number of nitrogens with two attached hydrogens (primary N) is 1. The van der Waals surface area contributed by atoms with E-state index in [9.17, 15) is 4.79 Å². The number of rotatable bonds is 3. The molecule has 0 radical (unpaired) electrons. The number of aromatic nitrogens is 1. The van der Waals surface area contributed by atoms with Gasteiger partial charge >= 0.3 is 0 Å². The molecule has 1 saturated heterocycles. The van der Waals surface area contributed by atoms with E-state index in [-0.39, 0.29) is 5.91 Å². The van der Waals surface area contributed by atoms with Crippen LogP contribution in [0.1, 0.15) is 35.8 Å². The highest BCUT2D eigenvalue weighted by Crippen LogP contribution is 2.37. The van der Waals surface area contributed by atoms with E-state index >= 15 is 0 Å². The number of carbonyl (C=O) groups excluding carboxylic acids is 1. The highest BCUT2D eigenvalue weighted by Gasteiger charge is 2.32. The van der Waals surface area contributed by atoms with Crippen LogP contribution >= 0.6 is 0 Å². The van der Waals surface area contributed by atoms with E-state index in [2.05, 4.69) is 23.6 Å². The van der Waals surface area contributed by atoms with Gasteiger partial charge in [-0.25, -0.2) is 0 Å². The first-order valence-corrected chi connectivity index (χ1v) is 6.99. The van der Waals surface area contributed by atoms with Crippen LogP contribution in [0.2, 0.25) is 0 Å². The van der Waals surface area contributed by atoms with Crippen molar-refractivity contribution in [2.24, 2.45) is 0 Å². The molecular formula is C14H22N4O. The topological polar surface area (TPSA) is 54.5 Å². The minimum Gasteiger partial charge on any atom is -0.397 e. The van der Waals surface area contributed by atoms with Crippen LogP contribution in [0.4, 0.5) is 5.69 Å². The third-order valence-electron chi connectivity index (χ3n) is 4.21. The fourth-order valence-corrected chi connectivity index (χ4v) is 2.84. The second kappa shape index (κ2) is 4.56. The fraction of sp³-hybridized carbons (Fsp3) is 0.643. The first-order valence-electron chi connectivity index (χ1n) is 6.99. The summed E-state index contributed by atoms with van der Waals surface area (Å²) < 4.78 is 2.07. The van der Waals surface area contributed by atoms with Crippen molar-refractivity contribution < 1.29 is 4.79 Å². The van der Waals surface area contributed by atoms with Crippen LogP contribution in [0.3, 0.4) is 0 Å². The van der Waals surface area contributed by atoms with Gasteiger partial charge in [-0.05, 0) is 39.4 Å². The molecule has 1 atom stereocenters. The molecule has 19 heavy (non-hydrogen) atoms. The zero-order chi connectivity index (χ0) is 13.6. The van der Waals surface area contributed by atoms with Crippen molar-refractivity contribution in [1.82, 2.24) is 14.4 Å². The molecule has 1 aliphatic carbocycles. The monoisotopic (exact) mass is 262 g/mol. The average Bonchev–Trinajstić information content (AvgIpc) is 2.95. The minimum absolute atomic E-state index is 0.132. The Hall–Kier alpha value is -1.49. The van der Waals surface area contributed by atoms with Gasteiger partial charge in [0.1, 0.15) is 5.69 Å². The molecule has 5 heteroatoms. The van der Waals surface area contributed by atoms with Crippen LogP contribution in [-0.4, -0.2) is 53.5 Å². The van der Waals surface area contributed by atoms with Gasteiger partial charge in [-0.3, -0.25) is 4.79 Å². The highest BCUT2D eigenvalue weighted by molar-refractivity contribution is 5.94. The van der Waals surface area contributed by atoms with Gasteiger partial charge in [-0.15, -0.1) is 0 Å². The van der Waals surface area contributed by atoms with E-state index in [1.807, 2.05) is 17.2 Å². The average molecular weight is 262 g/mol. The lowest BCUT2D eigenvalue weighted by molar-refractivity contribution is 0.0772. The Balaban J connectivity index is 1.77. The molecule has 2 fully saturated rings. The maximum atomic E-state index is 12.6. The molecule has 1 unspecified atom stereocenters. The summed E-state index contributed by atoms with van der Waals surface area (Å²) >= 11 is 0. The quantitative estimate of drug-likeness (QED) is 0.890. The zero-order valence-corrected chi connectivity index (χ0v) is 11.7. The fourth-order valence-electron chi connectivity index (χ4n) is 2.84. The van der Waals surface area contributed by atoms with Crippen molar-refractivity contribution in [3.05, 3.63) is 18.0 Å². The molecule has 1 aromatic heterocycles. The van der Waals surface area contributed by atoms with Crippen molar-refractivity contribution in [1.29, 1.82) is 0 Å². The number of nitrogens with zero attached hydrogens (tertiary/aromatic N) is 3. The maximum absolute atomic E-state index is 12.6. The van der Waals surface area contributed by atoms with Crippen LogP contribution in [0.25, 0.3) is 0 Å². The van der Waals surface area contributed by atoms with Crippen LogP contribution in [-0.2, 0) is 0 Å². The Morgan fingerprint density at radius 3 is 2.68 bits per heavy atom. The SMILES string of the molecule is CN(C)C1CCN(C(=O)c2cc(N)cn2C2CC2)C1. The summed E-state index contributed by atoms with van der Waals surface area (Å²) in [5.74, 6) is 0.132. The molecule has 0 spiro atoms. The molecule has 1 saturated carbocycles. The smallest absolute Gasteiger partial charge is 0.270 e. The molecule has 3 rings (SSSR count). The number of likely N-dealkylation sites (tertiary alicyclic amines) is 1. The van der Waals surface area contributed by atoms with E-state index in [0.29, 0.717) is 17.8 Å². The molecule has 0 bridgehead atoms. The molecule has 2 N–H and O–H groups in total. The zero-order valence-electron chi connectivity index (χ0n) is 11.7. The summed E-state index contributed by atoms with van der Waals surface area (Å²) in [7, 11) is 4.15. The minimum atomic E-state index is 0.132. The Kier molecular flexibility index (Phi) is 3.01. The van der Waals surface area contributed by atoms with Gasteiger partial charge < -0.3 is 20.1 Å². The summed E-state index contributed by atoms with van der Waals surface area (Å²) in [6.45, 7) is 1.67. The van der Waals surface area contributed by atoms with Gasteiger partial charge in [-0.1, -0.05) is 0 Å². The largest absolute Gasteiger partial charge is 0.397 e. The Morgan fingerprint density at radius 1 is 1.37 bits per heavy atom. The van der Waals surface area contributed by atoms with Gasteiger partial charge in [-0.2, -0.15) is 0 Å². The van der Waals surface area contributed by atoms with Crippen molar-refractivity contribution in [3.8, 4) is 0 Å². The van der Waals surface area contributed by atoms with Gasteiger partial charge in [0.15, 0.2) is 0 Å². The predicted molar refractivity (Wildman–Crippen MR) is 75.1 cm³/mol. The number of amides is 1. The van der Waals surface area contributed by atoms with Crippen molar-refractivity contribution in [2.75, 3.05) is 32.9 Å². The van der Waals surface area contributed by atoms with E-state index in [1.54, 1.807) is 0 Å². The summed E-state index contributed by atoms with van der Waals surface area (Å²) in [5.41, 5.74) is 7.31. The van der Waals surface area contributed by atoms with E-state index in [4.69, 9.17) is 5.73 Å². The highest BCUT2D eigenvalue weighted by atomic mass is 16.2. The first-order chi connectivity index (χ1) is 9.06. The number of anilines is 1. The second-order valence-corrected chi connectivity index (χ2v) is 5.95. The van der Waals surface area contributed by atoms with Crippen LogP contribution in [0.15, 0.2) is 12.3 Å². The molecule has 0 aromatic carbocycles. The number of hydrogen-bond acceptors (Lipinski definition) is 3. The molecule has 1 aliphatic heterocycles. The van der Waals surface area contributed by atoms with Crippen LogP contribution < -0.4 is 5.73 Å². The first kappa shape index (κ1) is 12.5. The third-order valence-corrected chi connectivity index (χ3v) is 4.21. The predicted octanol–water partition coefficient (Wildman–Crippen LogP) is 1.18. The van der Waals surface area contributed by atoms with E-state index in [0.717, 1.165) is 38.0 Å². The summed E-state index contributed by atoms with van der Waals surface area (Å²) in [6, 6.07) is 2.79. The molecular weight excluding hydrogens is 240 g/mol. The lowest BCUT2D eigenvalue weighted by atomic mass is 10.2. The molecule has 2 aliphatic rings. The standard InChI is InChI=1S/C14H22N4O/c1-16(2)12-5-6-17(9-12)14(19)13-7-10(15)8-18(13)11-3-4-11/h7-8,11-12H,3-6,9,15H2,1-2H3. The lowest BCUT2D eigenvalue weighted by Gasteiger charge is -2.21. The van der Waals surface area contributed by atoms with Crippen molar-refractivity contribution in [3.63, 3.8) is 0 Å². The van der Waals surface area contributed by atoms with E-state index < -0.39 is 0 Å². The normalized spacial score (nSPS) is 23.3. The van der Waals surface area contributed by atoms with Crippen molar-refractivity contribution >= 4 is 11.6 Å². The molecule has 1 aromatic rings. The van der Waals surface area contributed by atoms with E-state index in [1.165, 1.54) is 0 Å². The van der Waals surface area contributed by atoms with Gasteiger partial charge in [0.25, 0.3) is 5.91 Å². The maximum Gasteiger partial charge on any atom is 0.270 e. The summed E-state index contributed by atoms with van der Waals surface area (Å²) in [4.78, 5) is 16.8. The third kappa shape index (κ3) is 2.34. The number of nitrogen functional groups attached to an aromatic ring is 1. The van der Waals surface area contributed by atoms with Crippen molar-refractivity contribution in [2.45, 2.75) is 31.3 Å². The Morgan fingerprint density at radius 2 is 2.11 bits per heavy atom. The number of likely N-dealkylation sites (N-methyl/N-ethyl adjacent to an activating group) is 1. The molecule has 1 amide bonds. The molecule has 104 valence electrons. The Labute approximate surface area is 114 Å². The van der Waals surface area contributed by atoms with Crippen LogP contribution in [0, 0.1) is 0 Å². The van der Waals surface area contributed by atoms with Gasteiger partial charge in [0.05, 0.1) is 5.69 Å². The lowest BCUT2D eigenvalue weighted by Crippen LogP contribution is -2.35. The van der Waals surface area contributed by atoms with Crippen LogP contribution in [0.5, 0.6) is 0 Å². The second-order valence-electron chi connectivity index (χ2n) is 5.95. The number of carbonyl (C=O) groups is 1. The summed E-state index contributed by atoms with van der Waals surface area (Å²) in [5, 5.41) is 0. The Bertz CT molecular complexity index is 490. The molecule has 5 nitrogen and oxygen atoms in total.